The highest BCUT2D eigenvalue weighted by Gasteiger charge is 1.93. The van der Waals surface area contributed by atoms with Crippen LogP contribution in [-0.2, 0) is 4.79 Å². The zero-order chi connectivity index (χ0) is 7.28. The largest absolute Gasteiger partial charge is 0.403 e. The Morgan fingerprint density at radius 2 is 2.22 bits per heavy atom. The van der Waals surface area contributed by atoms with Crippen LogP contribution in [0.25, 0.3) is 0 Å². The van der Waals surface area contributed by atoms with Crippen LogP contribution in [0.15, 0.2) is 11.9 Å². The first kappa shape index (κ1) is 8.01. The Hall–Kier alpha value is -0.990. The lowest BCUT2D eigenvalue weighted by molar-refractivity contribution is -0.105. The topological polar surface area (TPSA) is 55.1 Å². The molecule has 0 aliphatic carbocycles. The highest BCUT2D eigenvalue weighted by molar-refractivity contribution is 5.71. The summed E-state index contributed by atoms with van der Waals surface area (Å²) in [5.41, 5.74) is 5.51. The average Bonchev–Trinajstić information content (AvgIpc) is 1.82. The molecule has 0 atom stereocenters. The van der Waals surface area contributed by atoms with Crippen molar-refractivity contribution in [2.45, 2.75) is 19.9 Å². The van der Waals surface area contributed by atoms with Crippen LogP contribution in [0.5, 0.6) is 0 Å². The van der Waals surface area contributed by atoms with Crippen molar-refractivity contribution in [2.24, 2.45) is 5.73 Å². The SMILES string of the molecule is CC(C)N/C(C=O)=C\N. The molecule has 0 saturated carbocycles. The van der Waals surface area contributed by atoms with E-state index in [-0.39, 0.29) is 6.04 Å². The fourth-order valence-corrected chi connectivity index (χ4v) is 0.455. The smallest absolute Gasteiger partial charge is 0.167 e. The van der Waals surface area contributed by atoms with E-state index >= 15 is 0 Å². The molecular weight excluding hydrogens is 116 g/mol. The molecule has 0 saturated heterocycles. The lowest BCUT2D eigenvalue weighted by atomic mass is 10.3. The van der Waals surface area contributed by atoms with Crippen molar-refractivity contribution < 1.29 is 4.79 Å². The lowest BCUT2D eigenvalue weighted by Crippen LogP contribution is -2.23. The van der Waals surface area contributed by atoms with Gasteiger partial charge < -0.3 is 11.1 Å². The number of nitrogens with two attached hydrogens (primary N) is 1. The van der Waals surface area contributed by atoms with Gasteiger partial charge in [0, 0.05) is 12.2 Å². The maximum absolute atomic E-state index is 10.1. The van der Waals surface area contributed by atoms with Crippen molar-refractivity contribution in [2.75, 3.05) is 0 Å². The standard InChI is InChI=1S/C6H12N2O/c1-5(2)8-6(3-7)4-9/h3-5,8H,7H2,1-2H3/b6-3-. The number of hydrogen-bond donors (Lipinski definition) is 2. The second-order valence-corrected chi connectivity index (χ2v) is 2.04. The highest BCUT2D eigenvalue weighted by atomic mass is 16.1. The molecule has 0 aromatic carbocycles. The van der Waals surface area contributed by atoms with E-state index in [1.807, 2.05) is 13.8 Å². The first-order valence-corrected chi connectivity index (χ1v) is 2.84. The monoisotopic (exact) mass is 128 g/mol. The van der Waals surface area contributed by atoms with E-state index in [2.05, 4.69) is 5.32 Å². The molecule has 52 valence electrons. The predicted octanol–water partition coefficient (Wildman–Crippen LogP) is -0.0166. The first-order chi connectivity index (χ1) is 4.20. The molecule has 0 rings (SSSR count). The van der Waals surface area contributed by atoms with Crippen LogP contribution >= 0.6 is 0 Å². The number of hydrogen-bond acceptors (Lipinski definition) is 3. The van der Waals surface area contributed by atoms with Crippen molar-refractivity contribution in [1.82, 2.24) is 5.32 Å². The van der Waals surface area contributed by atoms with Crippen molar-refractivity contribution in [3.63, 3.8) is 0 Å². The van der Waals surface area contributed by atoms with Gasteiger partial charge in [-0.15, -0.1) is 0 Å². The van der Waals surface area contributed by atoms with E-state index in [1.165, 1.54) is 6.20 Å². The summed E-state index contributed by atoms with van der Waals surface area (Å²) in [6.45, 7) is 3.88. The van der Waals surface area contributed by atoms with Crippen LogP contribution in [-0.4, -0.2) is 12.3 Å². The Bertz CT molecular complexity index is 118. The number of carbonyl (C=O) groups excluding carboxylic acids is 1. The van der Waals surface area contributed by atoms with Gasteiger partial charge in [0.05, 0.1) is 5.70 Å². The van der Waals surface area contributed by atoms with Crippen LogP contribution in [0.2, 0.25) is 0 Å². The van der Waals surface area contributed by atoms with Gasteiger partial charge in [0.25, 0.3) is 0 Å². The number of allylic oxidation sites excluding steroid dienone is 1. The van der Waals surface area contributed by atoms with Gasteiger partial charge in [-0.3, -0.25) is 4.79 Å². The first-order valence-electron chi connectivity index (χ1n) is 2.84. The normalized spacial score (nSPS) is 11.7. The molecule has 0 spiro atoms. The van der Waals surface area contributed by atoms with Crippen molar-refractivity contribution in [1.29, 1.82) is 0 Å². The molecule has 0 amide bonds. The number of nitrogens with one attached hydrogen (secondary N) is 1. The summed E-state index contributed by atoms with van der Waals surface area (Å²) in [4.78, 5) is 10.1. The van der Waals surface area contributed by atoms with E-state index in [0.29, 0.717) is 12.0 Å². The third-order valence-electron chi connectivity index (χ3n) is 0.762. The van der Waals surface area contributed by atoms with Gasteiger partial charge in [-0.05, 0) is 13.8 Å². The Morgan fingerprint density at radius 1 is 1.67 bits per heavy atom. The van der Waals surface area contributed by atoms with Crippen LogP contribution in [0.3, 0.4) is 0 Å². The molecule has 3 N–H and O–H groups in total. The molecule has 0 radical (unpaired) electrons. The fraction of sp³-hybridized carbons (Fsp3) is 0.500. The second kappa shape index (κ2) is 3.95. The third kappa shape index (κ3) is 3.58. The summed E-state index contributed by atoms with van der Waals surface area (Å²) in [6.07, 6.45) is 1.95. The number of carbonyl (C=O) groups is 1. The molecule has 0 unspecified atom stereocenters. The Labute approximate surface area is 54.9 Å². The van der Waals surface area contributed by atoms with Crippen molar-refractivity contribution in [3.8, 4) is 0 Å². The Kier molecular flexibility index (Phi) is 3.51. The van der Waals surface area contributed by atoms with Crippen LogP contribution in [0.1, 0.15) is 13.8 Å². The molecule has 3 nitrogen and oxygen atoms in total. The number of aldehydes is 1. The molecular formula is C6H12N2O. The summed E-state index contributed by atoms with van der Waals surface area (Å²) >= 11 is 0. The molecule has 0 fully saturated rings. The van der Waals surface area contributed by atoms with E-state index in [0.717, 1.165) is 0 Å². The van der Waals surface area contributed by atoms with Gasteiger partial charge in [0.2, 0.25) is 0 Å². The molecule has 9 heavy (non-hydrogen) atoms. The van der Waals surface area contributed by atoms with E-state index in [9.17, 15) is 4.79 Å². The van der Waals surface area contributed by atoms with Gasteiger partial charge in [0.1, 0.15) is 0 Å². The molecule has 0 aliphatic heterocycles. The lowest BCUT2D eigenvalue weighted by Gasteiger charge is -2.06. The summed E-state index contributed by atoms with van der Waals surface area (Å²) in [7, 11) is 0. The van der Waals surface area contributed by atoms with Crippen molar-refractivity contribution in [3.05, 3.63) is 11.9 Å². The van der Waals surface area contributed by atoms with E-state index in [1.54, 1.807) is 0 Å². The Balaban J connectivity index is 3.71. The maximum atomic E-state index is 10.1. The van der Waals surface area contributed by atoms with Crippen LogP contribution in [0, 0.1) is 0 Å². The molecule has 3 heteroatoms. The molecule has 0 heterocycles. The minimum Gasteiger partial charge on any atom is -0.403 e. The quantitative estimate of drug-likeness (QED) is 0.415. The molecule has 0 aliphatic rings. The summed E-state index contributed by atoms with van der Waals surface area (Å²) < 4.78 is 0. The fourth-order valence-electron chi connectivity index (χ4n) is 0.455. The highest BCUT2D eigenvalue weighted by Crippen LogP contribution is 1.83. The zero-order valence-electron chi connectivity index (χ0n) is 5.72. The minimum atomic E-state index is 0.255. The summed E-state index contributed by atoms with van der Waals surface area (Å²) in [6, 6.07) is 0.255. The summed E-state index contributed by atoms with van der Waals surface area (Å²) in [5, 5.41) is 2.85. The zero-order valence-corrected chi connectivity index (χ0v) is 5.72. The number of rotatable bonds is 3. The summed E-state index contributed by atoms with van der Waals surface area (Å²) in [5.74, 6) is 0. The molecule has 0 bridgehead atoms. The van der Waals surface area contributed by atoms with E-state index in [4.69, 9.17) is 5.73 Å². The van der Waals surface area contributed by atoms with Crippen LogP contribution in [0.4, 0.5) is 0 Å². The van der Waals surface area contributed by atoms with Gasteiger partial charge in [-0.1, -0.05) is 0 Å². The van der Waals surface area contributed by atoms with Gasteiger partial charge in [-0.2, -0.15) is 0 Å². The van der Waals surface area contributed by atoms with Gasteiger partial charge >= 0.3 is 0 Å². The average molecular weight is 128 g/mol. The third-order valence-corrected chi connectivity index (χ3v) is 0.762. The molecule has 0 aromatic heterocycles. The Morgan fingerprint density at radius 3 is 2.33 bits per heavy atom. The second-order valence-electron chi connectivity index (χ2n) is 2.04. The maximum Gasteiger partial charge on any atom is 0.167 e. The van der Waals surface area contributed by atoms with E-state index < -0.39 is 0 Å². The minimum absolute atomic E-state index is 0.255. The van der Waals surface area contributed by atoms with Gasteiger partial charge in [0.15, 0.2) is 6.29 Å². The molecule has 0 aromatic rings. The van der Waals surface area contributed by atoms with Crippen LogP contribution < -0.4 is 11.1 Å². The van der Waals surface area contributed by atoms with Crippen molar-refractivity contribution >= 4 is 6.29 Å². The van der Waals surface area contributed by atoms with Gasteiger partial charge in [-0.25, -0.2) is 0 Å². The predicted molar refractivity (Wildman–Crippen MR) is 36.6 cm³/mol.